The van der Waals surface area contributed by atoms with Gasteiger partial charge in [0.1, 0.15) is 5.75 Å². The fraction of sp³-hybridized carbons (Fsp3) is 0.222. The van der Waals surface area contributed by atoms with E-state index in [9.17, 15) is 4.79 Å². The molecule has 0 fully saturated rings. The van der Waals surface area contributed by atoms with Gasteiger partial charge in [-0.1, -0.05) is 41.9 Å². The van der Waals surface area contributed by atoms with Crippen LogP contribution in [-0.2, 0) is 0 Å². The molecule has 2 aromatic carbocycles. The summed E-state index contributed by atoms with van der Waals surface area (Å²) in [5, 5.41) is 3.96. The average Bonchev–Trinajstić information content (AvgIpc) is 2.55. The summed E-state index contributed by atoms with van der Waals surface area (Å²) >= 11 is 3.37. The van der Waals surface area contributed by atoms with Crippen molar-refractivity contribution in [3.63, 3.8) is 0 Å². The van der Waals surface area contributed by atoms with Crippen molar-refractivity contribution in [3.8, 4) is 5.75 Å². The van der Waals surface area contributed by atoms with Crippen LogP contribution in [0, 0.1) is 5.92 Å². The van der Waals surface area contributed by atoms with Crippen LogP contribution in [-0.4, -0.2) is 18.7 Å². The Labute approximate surface area is 144 Å². The van der Waals surface area contributed by atoms with E-state index in [0.717, 1.165) is 15.8 Å². The summed E-state index contributed by atoms with van der Waals surface area (Å²) in [6.45, 7) is 4.83. The van der Waals surface area contributed by atoms with Crippen LogP contribution in [0.15, 0.2) is 58.1 Å². The Balaban J connectivity index is 1.89. The Morgan fingerprint density at radius 1 is 1.17 bits per heavy atom. The second-order valence-electron chi connectivity index (χ2n) is 5.48. The maximum Gasteiger partial charge on any atom is 0.271 e. The Bertz CT molecular complexity index is 664. The van der Waals surface area contributed by atoms with Crippen molar-refractivity contribution in [1.82, 2.24) is 5.43 Å². The van der Waals surface area contributed by atoms with Crippen molar-refractivity contribution in [2.75, 3.05) is 6.61 Å². The van der Waals surface area contributed by atoms with Crippen molar-refractivity contribution in [3.05, 3.63) is 64.1 Å². The quantitative estimate of drug-likeness (QED) is 0.606. The second-order valence-corrected chi connectivity index (χ2v) is 6.40. The van der Waals surface area contributed by atoms with E-state index < -0.39 is 0 Å². The van der Waals surface area contributed by atoms with Gasteiger partial charge in [0.2, 0.25) is 0 Å². The highest BCUT2D eigenvalue weighted by atomic mass is 79.9. The number of carbonyl (C=O) groups excluding carboxylic acids is 1. The van der Waals surface area contributed by atoms with Gasteiger partial charge in [0.15, 0.2) is 0 Å². The lowest BCUT2D eigenvalue weighted by atomic mass is 10.2. The summed E-state index contributed by atoms with van der Waals surface area (Å²) in [5.74, 6) is 0.966. The molecule has 23 heavy (non-hydrogen) atoms. The first-order chi connectivity index (χ1) is 11.0. The van der Waals surface area contributed by atoms with Crippen LogP contribution in [0.5, 0.6) is 5.75 Å². The van der Waals surface area contributed by atoms with Gasteiger partial charge in [-0.25, -0.2) is 5.43 Å². The van der Waals surface area contributed by atoms with Gasteiger partial charge >= 0.3 is 0 Å². The molecular formula is C18H19BrN2O2. The van der Waals surface area contributed by atoms with Gasteiger partial charge < -0.3 is 4.74 Å². The second kappa shape index (κ2) is 8.48. The summed E-state index contributed by atoms with van der Waals surface area (Å²) in [5.41, 5.74) is 3.95. The van der Waals surface area contributed by atoms with Crippen LogP contribution in [0.2, 0.25) is 0 Å². The average molecular weight is 375 g/mol. The number of nitrogens with zero attached hydrogens (tertiary/aromatic N) is 1. The molecular weight excluding hydrogens is 356 g/mol. The molecule has 0 aliphatic rings. The lowest BCUT2D eigenvalue weighted by Crippen LogP contribution is -2.17. The summed E-state index contributed by atoms with van der Waals surface area (Å²) in [6, 6.07) is 14.7. The van der Waals surface area contributed by atoms with Crippen LogP contribution in [0.25, 0.3) is 0 Å². The first-order valence-corrected chi connectivity index (χ1v) is 8.16. The van der Waals surface area contributed by atoms with Gasteiger partial charge in [-0.05, 0) is 47.9 Å². The Morgan fingerprint density at radius 3 is 2.43 bits per heavy atom. The third-order valence-corrected chi connectivity index (χ3v) is 3.48. The third-order valence-electron chi connectivity index (χ3n) is 2.95. The molecule has 0 heterocycles. The highest BCUT2D eigenvalue weighted by Gasteiger charge is 2.04. The highest BCUT2D eigenvalue weighted by molar-refractivity contribution is 9.10. The zero-order valence-corrected chi connectivity index (χ0v) is 14.7. The molecule has 0 aromatic heterocycles. The number of halogens is 1. The molecule has 1 amide bonds. The maximum absolute atomic E-state index is 12.0. The molecule has 1 N–H and O–H groups in total. The smallest absolute Gasteiger partial charge is 0.271 e. The summed E-state index contributed by atoms with van der Waals surface area (Å²) in [6.07, 6.45) is 1.60. The lowest BCUT2D eigenvalue weighted by Gasteiger charge is -2.08. The van der Waals surface area contributed by atoms with Crippen LogP contribution in [0.1, 0.15) is 29.8 Å². The van der Waals surface area contributed by atoms with E-state index in [4.69, 9.17) is 4.74 Å². The van der Waals surface area contributed by atoms with Gasteiger partial charge in [0.05, 0.1) is 12.8 Å². The van der Waals surface area contributed by atoms with E-state index in [0.29, 0.717) is 18.1 Å². The van der Waals surface area contributed by atoms with E-state index in [1.165, 1.54) is 0 Å². The molecule has 0 atom stereocenters. The Hall–Kier alpha value is -2.14. The van der Waals surface area contributed by atoms with Crippen molar-refractivity contribution >= 4 is 28.1 Å². The molecule has 2 aromatic rings. The largest absolute Gasteiger partial charge is 0.493 e. The van der Waals surface area contributed by atoms with Crippen LogP contribution in [0.4, 0.5) is 0 Å². The van der Waals surface area contributed by atoms with E-state index in [1.807, 2.05) is 24.3 Å². The fourth-order valence-corrected chi connectivity index (χ4v) is 2.01. The molecule has 0 spiro atoms. The molecule has 0 unspecified atom stereocenters. The van der Waals surface area contributed by atoms with Crippen molar-refractivity contribution in [1.29, 1.82) is 0 Å². The number of nitrogens with one attached hydrogen (secondary N) is 1. The standard InChI is InChI=1S/C18H19BrN2O2/c1-13(2)12-23-17-9-5-15(6-10-17)18(22)21-20-11-14-3-7-16(19)8-4-14/h3-11,13H,12H2,1-2H3,(H,21,22)/b20-11+. The van der Waals surface area contributed by atoms with Gasteiger partial charge in [0, 0.05) is 10.0 Å². The summed E-state index contributed by atoms with van der Waals surface area (Å²) < 4.78 is 6.58. The Kier molecular flexibility index (Phi) is 6.35. The van der Waals surface area contributed by atoms with Gasteiger partial charge in [-0.3, -0.25) is 4.79 Å². The van der Waals surface area contributed by atoms with Crippen molar-refractivity contribution in [2.24, 2.45) is 11.0 Å². The van der Waals surface area contributed by atoms with Crippen LogP contribution < -0.4 is 10.2 Å². The number of hydrogen-bond donors (Lipinski definition) is 1. The SMILES string of the molecule is CC(C)COc1ccc(C(=O)N/N=C/c2ccc(Br)cc2)cc1. The molecule has 0 aliphatic carbocycles. The number of carbonyl (C=O) groups is 1. The highest BCUT2D eigenvalue weighted by Crippen LogP contribution is 2.13. The molecule has 5 heteroatoms. The predicted octanol–water partition coefficient (Wildman–Crippen LogP) is 4.25. The third kappa shape index (κ3) is 5.87. The van der Waals surface area contributed by atoms with E-state index in [2.05, 4.69) is 40.3 Å². The number of amides is 1. The first-order valence-electron chi connectivity index (χ1n) is 7.36. The number of ether oxygens (including phenoxy) is 1. The fourth-order valence-electron chi connectivity index (χ4n) is 1.74. The number of rotatable bonds is 6. The van der Waals surface area contributed by atoms with Gasteiger partial charge in [-0.2, -0.15) is 5.10 Å². The molecule has 0 radical (unpaired) electrons. The van der Waals surface area contributed by atoms with E-state index >= 15 is 0 Å². The number of benzene rings is 2. The number of hydrogen-bond acceptors (Lipinski definition) is 3. The van der Waals surface area contributed by atoms with Gasteiger partial charge in [-0.15, -0.1) is 0 Å². The summed E-state index contributed by atoms with van der Waals surface area (Å²) in [7, 11) is 0. The monoisotopic (exact) mass is 374 g/mol. The lowest BCUT2D eigenvalue weighted by molar-refractivity contribution is 0.0955. The molecule has 4 nitrogen and oxygen atoms in total. The summed E-state index contributed by atoms with van der Waals surface area (Å²) in [4.78, 5) is 12.0. The zero-order chi connectivity index (χ0) is 16.7. The molecule has 2 rings (SSSR count). The van der Waals surface area contributed by atoms with Gasteiger partial charge in [0.25, 0.3) is 5.91 Å². The predicted molar refractivity (Wildman–Crippen MR) is 96.0 cm³/mol. The molecule has 0 bridgehead atoms. The Morgan fingerprint density at radius 2 is 1.83 bits per heavy atom. The molecule has 120 valence electrons. The van der Waals surface area contributed by atoms with Crippen molar-refractivity contribution in [2.45, 2.75) is 13.8 Å². The minimum atomic E-state index is -0.256. The normalized spacial score (nSPS) is 11.0. The minimum absolute atomic E-state index is 0.256. The van der Waals surface area contributed by atoms with E-state index in [-0.39, 0.29) is 5.91 Å². The van der Waals surface area contributed by atoms with Crippen LogP contribution >= 0.6 is 15.9 Å². The van der Waals surface area contributed by atoms with Crippen molar-refractivity contribution < 1.29 is 9.53 Å². The number of hydrazone groups is 1. The molecule has 0 saturated carbocycles. The van der Waals surface area contributed by atoms with Crippen LogP contribution in [0.3, 0.4) is 0 Å². The topological polar surface area (TPSA) is 50.7 Å². The zero-order valence-electron chi connectivity index (χ0n) is 13.1. The molecule has 0 aliphatic heterocycles. The first kappa shape index (κ1) is 17.2. The van der Waals surface area contributed by atoms with E-state index in [1.54, 1.807) is 30.5 Å². The minimum Gasteiger partial charge on any atom is -0.493 e. The maximum atomic E-state index is 12.0. The molecule has 0 saturated heterocycles.